The van der Waals surface area contributed by atoms with Gasteiger partial charge in [0.15, 0.2) is 0 Å². The van der Waals surface area contributed by atoms with Crippen molar-refractivity contribution in [3.8, 4) is 0 Å². The summed E-state index contributed by atoms with van der Waals surface area (Å²) in [5, 5.41) is 4.99. The van der Waals surface area contributed by atoms with E-state index in [0.717, 1.165) is 62.5 Å². The number of fused-ring (bicyclic) bond motifs is 1. The Bertz CT molecular complexity index is 848. The van der Waals surface area contributed by atoms with E-state index < -0.39 is 0 Å². The summed E-state index contributed by atoms with van der Waals surface area (Å²) >= 11 is 0. The van der Waals surface area contributed by atoms with Crippen molar-refractivity contribution in [3.63, 3.8) is 0 Å². The molecule has 0 atom stereocenters. The van der Waals surface area contributed by atoms with E-state index >= 15 is 0 Å². The number of rotatable bonds is 5. The molecular formula is C20H25N5O. The molecule has 1 aromatic carbocycles. The molecule has 0 spiro atoms. The summed E-state index contributed by atoms with van der Waals surface area (Å²) in [7, 11) is 0. The van der Waals surface area contributed by atoms with Crippen LogP contribution in [0.15, 0.2) is 41.2 Å². The van der Waals surface area contributed by atoms with Crippen LogP contribution in [0.25, 0.3) is 11.1 Å². The summed E-state index contributed by atoms with van der Waals surface area (Å²) in [6.07, 6.45) is 5.06. The molecule has 0 bridgehead atoms. The Balaban J connectivity index is 1.36. The van der Waals surface area contributed by atoms with E-state index in [2.05, 4.69) is 55.3 Å². The summed E-state index contributed by atoms with van der Waals surface area (Å²) in [4.78, 5) is 13.6. The maximum atomic E-state index is 5.29. The van der Waals surface area contributed by atoms with Crippen LogP contribution in [0.3, 0.4) is 0 Å². The molecule has 0 amide bonds. The second kappa shape index (κ2) is 7.83. The number of anilines is 1. The summed E-state index contributed by atoms with van der Waals surface area (Å²) in [6, 6.07) is 10.7. The fourth-order valence-electron chi connectivity index (χ4n) is 3.70. The summed E-state index contributed by atoms with van der Waals surface area (Å²) < 4.78 is 5.29. The Morgan fingerprint density at radius 1 is 1.04 bits per heavy atom. The molecule has 1 saturated heterocycles. The number of hydrogen-bond acceptors (Lipinski definition) is 6. The molecule has 0 N–H and O–H groups in total. The van der Waals surface area contributed by atoms with Crippen LogP contribution >= 0.6 is 0 Å². The van der Waals surface area contributed by atoms with Gasteiger partial charge in [-0.25, -0.2) is 4.98 Å². The van der Waals surface area contributed by atoms with Crippen LogP contribution < -0.4 is 4.90 Å². The fraction of sp³-hybridized carbons (Fsp3) is 0.450. The van der Waals surface area contributed by atoms with Gasteiger partial charge in [0.25, 0.3) is 5.71 Å². The van der Waals surface area contributed by atoms with Gasteiger partial charge < -0.3 is 14.3 Å². The highest BCUT2D eigenvalue weighted by Crippen LogP contribution is 2.26. The first-order chi connectivity index (χ1) is 12.8. The predicted octanol–water partition coefficient (Wildman–Crippen LogP) is 3.07. The number of nitrogens with zero attached hydrogens (tertiary/aromatic N) is 5. The molecule has 1 fully saturated rings. The van der Waals surface area contributed by atoms with Gasteiger partial charge in [0.2, 0.25) is 0 Å². The lowest BCUT2D eigenvalue weighted by molar-refractivity contribution is 0.290. The van der Waals surface area contributed by atoms with Crippen LogP contribution in [0.2, 0.25) is 0 Å². The van der Waals surface area contributed by atoms with Crippen molar-refractivity contribution in [1.29, 1.82) is 0 Å². The van der Waals surface area contributed by atoms with E-state index in [4.69, 9.17) is 4.52 Å². The Morgan fingerprint density at radius 2 is 1.92 bits per heavy atom. The molecule has 0 radical (unpaired) electrons. The molecule has 6 heteroatoms. The SMILES string of the molecule is Cc1noc2ncnc(N3CCCN(CCCc4ccccc4)CC3)c12. The molecule has 4 rings (SSSR count). The number of aromatic nitrogens is 3. The second-order valence-electron chi connectivity index (χ2n) is 6.92. The van der Waals surface area contributed by atoms with E-state index in [0.29, 0.717) is 5.71 Å². The lowest BCUT2D eigenvalue weighted by Gasteiger charge is -2.23. The van der Waals surface area contributed by atoms with Crippen molar-refractivity contribution in [1.82, 2.24) is 20.0 Å². The molecule has 136 valence electrons. The Labute approximate surface area is 153 Å². The minimum atomic E-state index is 0.580. The molecule has 0 aliphatic carbocycles. The first kappa shape index (κ1) is 17.0. The van der Waals surface area contributed by atoms with Crippen LogP contribution in [-0.4, -0.2) is 52.7 Å². The minimum Gasteiger partial charge on any atom is -0.355 e. The molecule has 1 aliphatic heterocycles. The van der Waals surface area contributed by atoms with Crippen LogP contribution in [0.1, 0.15) is 24.1 Å². The van der Waals surface area contributed by atoms with Gasteiger partial charge in [0.05, 0.1) is 5.69 Å². The molecule has 0 saturated carbocycles. The zero-order chi connectivity index (χ0) is 17.8. The summed E-state index contributed by atoms with van der Waals surface area (Å²) in [5.74, 6) is 0.958. The van der Waals surface area contributed by atoms with Gasteiger partial charge in [0.1, 0.15) is 17.5 Å². The quantitative estimate of drug-likeness (QED) is 0.704. The molecule has 6 nitrogen and oxygen atoms in total. The average Bonchev–Trinajstić information content (AvgIpc) is 2.90. The van der Waals surface area contributed by atoms with E-state index in [-0.39, 0.29) is 0 Å². The van der Waals surface area contributed by atoms with Crippen LogP contribution in [0.5, 0.6) is 0 Å². The van der Waals surface area contributed by atoms with Crippen LogP contribution in [0.4, 0.5) is 5.82 Å². The van der Waals surface area contributed by atoms with Crippen LogP contribution in [-0.2, 0) is 6.42 Å². The predicted molar refractivity (Wildman–Crippen MR) is 102 cm³/mol. The van der Waals surface area contributed by atoms with E-state index in [1.54, 1.807) is 6.33 Å². The standard InChI is InChI=1S/C20H25N5O/c1-16-18-19(21-15-22-20(18)26-23-16)25-12-6-11-24(13-14-25)10-5-9-17-7-3-2-4-8-17/h2-4,7-8,15H,5-6,9-14H2,1H3. The minimum absolute atomic E-state index is 0.580. The molecular weight excluding hydrogens is 326 g/mol. The lowest BCUT2D eigenvalue weighted by Crippen LogP contribution is -2.32. The van der Waals surface area contributed by atoms with Crippen molar-refractivity contribution < 1.29 is 4.52 Å². The molecule has 26 heavy (non-hydrogen) atoms. The van der Waals surface area contributed by atoms with E-state index in [1.807, 2.05) is 6.92 Å². The fourth-order valence-corrected chi connectivity index (χ4v) is 3.70. The molecule has 1 aliphatic rings. The first-order valence-electron chi connectivity index (χ1n) is 9.39. The second-order valence-corrected chi connectivity index (χ2v) is 6.92. The number of benzene rings is 1. The van der Waals surface area contributed by atoms with Crippen molar-refractivity contribution in [2.24, 2.45) is 0 Å². The van der Waals surface area contributed by atoms with Gasteiger partial charge in [-0.1, -0.05) is 35.5 Å². The molecule has 0 unspecified atom stereocenters. The highest BCUT2D eigenvalue weighted by molar-refractivity contribution is 5.87. The monoisotopic (exact) mass is 351 g/mol. The van der Waals surface area contributed by atoms with E-state index in [1.165, 1.54) is 12.0 Å². The van der Waals surface area contributed by atoms with Gasteiger partial charge >= 0.3 is 0 Å². The maximum Gasteiger partial charge on any atom is 0.263 e. The van der Waals surface area contributed by atoms with Gasteiger partial charge in [-0.2, -0.15) is 4.98 Å². The Hall–Kier alpha value is -2.47. The van der Waals surface area contributed by atoms with E-state index in [9.17, 15) is 0 Å². The first-order valence-corrected chi connectivity index (χ1v) is 9.39. The van der Waals surface area contributed by atoms with Crippen molar-refractivity contribution in [2.45, 2.75) is 26.2 Å². The zero-order valence-corrected chi connectivity index (χ0v) is 15.3. The van der Waals surface area contributed by atoms with Crippen molar-refractivity contribution in [3.05, 3.63) is 47.9 Å². The Kier molecular flexibility index (Phi) is 5.11. The number of hydrogen-bond donors (Lipinski definition) is 0. The lowest BCUT2D eigenvalue weighted by atomic mass is 10.1. The summed E-state index contributed by atoms with van der Waals surface area (Å²) in [6.45, 7) is 7.28. The average molecular weight is 351 g/mol. The molecule has 3 heterocycles. The third-order valence-electron chi connectivity index (χ3n) is 5.09. The molecule has 3 aromatic rings. The third-order valence-corrected chi connectivity index (χ3v) is 5.09. The number of aryl methyl sites for hydroxylation is 2. The summed E-state index contributed by atoms with van der Waals surface area (Å²) in [5.41, 5.74) is 2.87. The highest BCUT2D eigenvalue weighted by atomic mass is 16.5. The van der Waals surface area contributed by atoms with Crippen molar-refractivity contribution >= 4 is 16.9 Å². The molecule has 2 aromatic heterocycles. The topological polar surface area (TPSA) is 58.3 Å². The van der Waals surface area contributed by atoms with Gasteiger partial charge in [-0.15, -0.1) is 0 Å². The Morgan fingerprint density at radius 3 is 2.81 bits per heavy atom. The van der Waals surface area contributed by atoms with Gasteiger partial charge in [-0.3, -0.25) is 0 Å². The van der Waals surface area contributed by atoms with Gasteiger partial charge in [-0.05, 0) is 44.8 Å². The van der Waals surface area contributed by atoms with Gasteiger partial charge in [0, 0.05) is 19.6 Å². The highest BCUT2D eigenvalue weighted by Gasteiger charge is 2.20. The maximum absolute atomic E-state index is 5.29. The van der Waals surface area contributed by atoms with Crippen molar-refractivity contribution in [2.75, 3.05) is 37.6 Å². The van der Waals surface area contributed by atoms with Crippen LogP contribution in [0, 0.1) is 6.92 Å². The smallest absolute Gasteiger partial charge is 0.263 e. The third kappa shape index (κ3) is 3.70. The zero-order valence-electron chi connectivity index (χ0n) is 15.3. The normalized spacial score (nSPS) is 16.1. The largest absolute Gasteiger partial charge is 0.355 e.